The largest absolute Gasteiger partial charge is 0.325 e. The number of hydrogen-bond acceptors (Lipinski definition) is 4. The molecular weight excluding hydrogens is 392 g/mol. The van der Waals surface area contributed by atoms with Crippen molar-refractivity contribution in [3.05, 3.63) is 54.1 Å². The minimum Gasteiger partial charge on any atom is -0.325 e. The molecule has 0 aromatic heterocycles. The zero-order valence-electron chi connectivity index (χ0n) is 18.2. The molecule has 1 fully saturated rings. The summed E-state index contributed by atoms with van der Waals surface area (Å²) in [4.78, 5) is 40.5. The summed E-state index contributed by atoms with van der Waals surface area (Å²) in [6.45, 7) is 5.61. The van der Waals surface area contributed by atoms with Gasteiger partial charge in [-0.15, -0.1) is 0 Å². The van der Waals surface area contributed by atoms with Gasteiger partial charge in [0, 0.05) is 30.0 Å². The number of para-hydroxylation sites is 1. The van der Waals surface area contributed by atoms with Crippen molar-refractivity contribution in [1.82, 2.24) is 4.90 Å². The van der Waals surface area contributed by atoms with E-state index in [1.165, 1.54) is 0 Å². The third-order valence-corrected chi connectivity index (χ3v) is 5.23. The summed E-state index contributed by atoms with van der Waals surface area (Å²) in [7, 11) is 0. The van der Waals surface area contributed by atoms with Gasteiger partial charge in [-0.3, -0.25) is 19.3 Å². The van der Waals surface area contributed by atoms with Crippen LogP contribution in [-0.4, -0.2) is 48.8 Å². The van der Waals surface area contributed by atoms with E-state index in [-0.39, 0.29) is 30.8 Å². The standard InChI is InChI=1S/C24H30N4O3/c1-3-14-27(17-23(30)26-21-8-5-4-7-18(21)2)16-22(29)25-19-10-12-20(13-11-19)28-15-6-9-24(28)31/h4-5,7-8,10-13H,3,6,9,14-17H2,1-2H3,(H,25,29)(H,26,30). The van der Waals surface area contributed by atoms with E-state index < -0.39 is 0 Å². The Balaban J connectivity index is 1.53. The Hall–Kier alpha value is -3.19. The maximum absolute atomic E-state index is 12.5. The first-order valence-corrected chi connectivity index (χ1v) is 10.7. The van der Waals surface area contributed by atoms with E-state index in [2.05, 4.69) is 10.6 Å². The maximum atomic E-state index is 12.5. The number of rotatable bonds is 9. The highest BCUT2D eigenvalue weighted by Gasteiger charge is 2.21. The molecule has 0 radical (unpaired) electrons. The molecule has 2 aromatic carbocycles. The molecule has 2 N–H and O–H groups in total. The lowest BCUT2D eigenvalue weighted by atomic mass is 10.2. The Morgan fingerprint density at radius 1 is 1.00 bits per heavy atom. The molecule has 0 atom stereocenters. The van der Waals surface area contributed by atoms with Gasteiger partial charge >= 0.3 is 0 Å². The Bertz CT molecular complexity index is 927. The molecule has 0 saturated carbocycles. The Morgan fingerprint density at radius 2 is 1.68 bits per heavy atom. The SMILES string of the molecule is CCCN(CC(=O)Nc1ccc(N2CCCC2=O)cc1)CC(=O)Nc1ccccc1C. The molecule has 3 amide bonds. The van der Waals surface area contributed by atoms with Crippen LogP contribution in [0.1, 0.15) is 31.7 Å². The molecule has 31 heavy (non-hydrogen) atoms. The molecule has 0 bridgehead atoms. The number of benzene rings is 2. The predicted octanol–water partition coefficient (Wildman–Crippen LogP) is 3.41. The fraction of sp³-hybridized carbons (Fsp3) is 0.375. The summed E-state index contributed by atoms with van der Waals surface area (Å²) in [5.41, 5.74) is 3.29. The van der Waals surface area contributed by atoms with Crippen molar-refractivity contribution in [1.29, 1.82) is 0 Å². The molecule has 1 heterocycles. The number of anilines is 3. The van der Waals surface area contributed by atoms with Gasteiger partial charge in [-0.05, 0) is 62.2 Å². The van der Waals surface area contributed by atoms with E-state index in [0.29, 0.717) is 18.7 Å². The molecule has 0 unspecified atom stereocenters. The van der Waals surface area contributed by atoms with Crippen LogP contribution in [0.4, 0.5) is 17.1 Å². The molecule has 3 rings (SSSR count). The first kappa shape index (κ1) is 22.5. The first-order valence-electron chi connectivity index (χ1n) is 10.7. The molecule has 2 aromatic rings. The normalized spacial score (nSPS) is 13.5. The van der Waals surface area contributed by atoms with Gasteiger partial charge in [0.1, 0.15) is 0 Å². The van der Waals surface area contributed by atoms with Crippen molar-refractivity contribution in [2.75, 3.05) is 41.7 Å². The first-order chi connectivity index (χ1) is 15.0. The molecule has 164 valence electrons. The number of carbonyl (C=O) groups excluding carboxylic acids is 3. The van der Waals surface area contributed by atoms with Gasteiger partial charge in [0.05, 0.1) is 13.1 Å². The van der Waals surface area contributed by atoms with Gasteiger partial charge in [0.2, 0.25) is 17.7 Å². The smallest absolute Gasteiger partial charge is 0.238 e. The fourth-order valence-electron chi connectivity index (χ4n) is 3.69. The summed E-state index contributed by atoms with van der Waals surface area (Å²) < 4.78 is 0. The summed E-state index contributed by atoms with van der Waals surface area (Å²) >= 11 is 0. The van der Waals surface area contributed by atoms with Gasteiger partial charge in [0.15, 0.2) is 0 Å². The topological polar surface area (TPSA) is 81.8 Å². The van der Waals surface area contributed by atoms with Crippen molar-refractivity contribution in [2.24, 2.45) is 0 Å². The van der Waals surface area contributed by atoms with E-state index in [1.54, 1.807) is 17.0 Å². The number of nitrogens with one attached hydrogen (secondary N) is 2. The van der Waals surface area contributed by atoms with Crippen LogP contribution in [-0.2, 0) is 14.4 Å². The maximum Gasteiger partial charge on any atom is 0.238 e. The third kappa shape index (κ3) is 6.39. The second-order valence-corrected chi connectivity index (χ2v) is 7.82. The predicted molar refractivity (Wildman–Crippen MR) is 123 cm³/mol. The molecule has 1 saturated heterocycles. The van der Waals surface area contributed by atoms with Crippen molar-refractivity contribution in [2.45, 2.75) is 33.1 Å². The van der Waals surface area contributed by atoms with E-state index in [4.69, 9.17) is 0 Å². The van der Waals surface area contributed by atoms with Crippen LogP contribution in [0.2, 0.25) is 0 Å². The average Bonchev–Trinajstić information content (AvgIpc) is 3.16. The number of amides is 3. The molecule has 1 aliphatic heterocycles. The van der Waals surface area contributed by atoms with Crippen LogP contribution in [0.25, 0.3) is 0 Å². The third-order valence-electron chi connectivity index (χ3n) is 5.23. The minimum atomic E-state index is -0.179. The van der Waals surface area contributed by atoms with E-state index >= 15 is 0 Å². The molecule has 7 heteroatoms. The quantitative estimate of drug-likeness (QED) is 0.649. The van der Waals surface area contributed by atoms with Crippen LogP contribution in [0.5, 0.6) is 0 Å². The highest BCUT2D eigenvalue weighted by Crippen LogP contribution is 2.23. The second kappa shape index (κ2) is 10.7. The summed E-state index contributed by atoms with van der Waals surface area (Å²) in [5, 5.41) is 5.79. The van der Waals surface area contributed by atoms with E-state index in [1.807, 2.05) is 55.1 Å². The fourth-order valence-corrected chi connectivity index (χ4v) is 3.69. The van der Waals surface area contributed by atoms with Gasteiger partial charge in [0.25, 0.3) is 0 Å². The lowest BCUT2D eigenvalue weighted by Crippen LogP contribution is -2.39. The van der Waals surface area contributed by atoms with Crippen LogP contribution >= 0.6 is 0 Å². The van der Waals surface area contributed by atoms with Gasteiger partial charge in [-0.1, -0.05) is 25.1 Å². The molecule has 1 aliphatic rings. The highest BCUT2D eigenvalue weighted by atomic mass is 16.2. The van der Waals surface area contributed by atoms with Crippen LogP contribution in [0.15, 0.2) is 48.5 Å². The Labute approximate surface area is 183 Å². The lowest BCUT2D eigenvalue weighted by Gasteiger charge is -2.21. The zero-order chi connectivity index (χ0) is 22.2. The zero-order valence-corrected chi connectivity index (χ0v) is 18.2. The Kier molecular flexibility index (Phi) is 7.78. The summed E-state index contributed by atoms with van der Waals surface area (Å²) in [6.07, 6.45) is 2.30. The second-order valence-electron chi connectivity index (χ2n) is 7.82. The molecule has 0 aliphatic carbocycles. The summed E-state index contributed by atoms with van der Waals surface area (Å²) in [6, 6.07) is 14.9. The molecular formula is C24H30N4O3. The monoisotopic (exact) mass is 422 g/mol. The highest BCUT2D eigenvalue weighted by molar-refractivity contribution is 5.97. The number of hydrogen-bond donors (Lipinski definition) is 2. The molecule has 7 nitrogen and oxygen atoms in total. The molecule has 0 spiro atoms. The minimum absolute atomic E-state index is 0.126. The number of carbonyl (C=O) groups is 3. The van der Waals surface area contributed by atoms with Crippen LogP contribution in [0.3, 0.4) is 0 Å². The van der Waals surface area contributed by atoms with Crippen LogP contribution in [0, 0.1) is 6.92 Å². The van der Waals surface area contributed by atoms with Crippen LogP contribution < -0.4 is 15.5 Å². The van der Waals surface area contributed by atoms with Gasteiger partial charge in [-0.25, -0.2) is 0 Å². The van der Waals surface area contributed by atoms with Crippen molar-refractivity contribution in [3.8, 4) is 0 Å². The van der Waals surface area contributed by atoms with Gasteiger partial charge in [-0.2, -0.15) is 0 Å². The van der Waals surface area contributed by atoms with Crippen molar-refractivity contribution in [3.63, 3.8) is 0 Å². The van der Waals surface area contributed by atoms with E-state index in [9.17, 15) is 14.4 Å². The Morgan fingerprint density at radius 3 is 2.29 bits per heavy atom. The van der Waals surface area contributed by atoms with Crippen molar-refractivity contribution >= 4 is 34.8 Å². The number of aryl methyl sites for hydroxylation is 1. The van der Waals surface area contributed by atoms with Crippen molar-refractivity contribution < 1.29 is 14.4 Å². The average molecular weight is 423 g/mol. The number of nitrogens with zero attached hydrogens (tertiary/aromatic N) is 2. The summed E-state index contributed by atoms with van der Waals surface area (Å²) in [5.74, 6) is -0.187. The lowest BCUT2D eigenvalue weighted by molar-refractivity contribution is -0.120. The van der Waals surface area contributed by atoms with Gasteiger partial charge < -0.3 is 15.5 Å². The van der Waals surface area contributed by atoms with E-state index in [0.717, 1.165) is 36.3 Å².